The number of anilines is 1. The van der Waals surface area contributed by atoms with Gasteiger partial charge in [0.05, 0.1) is 0 Å². The first-order valence-electron chi connectivity index (χ1n) is 10.6. The van der Waals surface area contributed by atoms with E-state index < -0.39 is 0 Å². The minimum absolute atomic E-state index is 0.171. The summed E-state index contributed by atoms with van der Waals surface area (Å²) in [6.45, 7) is 5.53. The molecule has 6 rings (SSSR count). The van der Waals surface area contributed by atoms with Crippen molar-refractivity contribution >= 4 is 17.1 Å². The van der Waals surface area contributed by atoms with E-state index in [0.717, 1.165) is 52.4 Å². The quantitative estimate of drug-likeness (QED) is 0.434. The van der Waals surface area contributed by atoms with Crippen molar-refractivity contribution < 1.29 is 0 Å². The number of nitrogens with zero attached hydrogens (tertiary/aromatic N) is 7. The second-order valence-electron chi connectivity index (χ2n) is 8.20. The van der Waals surface area contributed by atoms with Gasteiger partial charge >= 0.3 is 0 Å². The molecule has 1 aliphatic rings. The maximum Gasteiger partial charge on any atom is 0.274 e. The summed E-state index contributed by atoms with van der Waals surface area (Å²) in [4.78, 5) is 28.0. The summed E-state index contributed by atoms with van der Waals surface area (Å²) < 4.78 is 3.42. The van der Waals surface area contributed by atoms with E-state index in [9.17, 15) is 4.79 Å². The maximum atomic E-state index is 12.4. The second kappa shape index (κ2) is 6.98. The molecule has 158 valence electrons. The van der Waals surface area contributed by atoms with Crippen LogP contribution in [0.5, 0.6) is 0 Å². The first-order chi connectivity index (χ1) is 15.6. The van der Waals surface area contributed by atoms with Crippen LogP contribution < -0.4 is 10.5 Å². The third-order valence-electron chi connectivity index (χ3n) is 6.31. The highest BCUT2D eigenvalue weighted by Gasteiger charge is 2.23. The lowest BCUT2D eigenvalue weighted by Crippen LogP contribution is -2.33. The number of aromatic nitrogens is 6. The van der Waals surface area contributed by atoms with E-state index in [1.807, 2.05) is 36.7 Å². The number of pyridine rings is 2. The highest BCUT2D eigenvalue weighted by Crippen LogP contribution is 2.29. The lowest BCUT2D eigenvalue weighted by atomic mass is 10.0. The van der Waals surface area contributed by atoms with Gasteiger partial charge in [0.2, 0.25) is 0 Å². The fourth-order valence-electron chi connectivity index (χ4n) is 4.41. The molecule has 0 fully saturated rings. The standard InChI is InChI=1S/C24H21N7O/c1-15-16(2)24(28-31-22(32)5-7-26-23(15)31)30-9-6-20-19(14-30)11-18(12-27-20)17-3-4-21-25-8-10-29(21)13-17/h3-5,7-8,10-13H,6,9,14H2,1-2H3. The van der Waals surface area contributed by atoms with E-state index in [-0.39, 0.29) is 5.56 Å². The van der Waals surface area contributed by atoms with E-state index in [1.165, 1.54) is 22.3 Å². The number of imidazole rings is 1. The summed E-state index contributed by atoms with van der Waals surface area (Å²) in [5.74, 6) is 0.820. The molecular formula is C24H21N7O. The molecule has 0 bridgehead atoms. The highest BCUT2D eigenvalue weighted by molar-refractivity contribution is 5.66. The van der Waals surface area contributed by atoms with Crippen molar-refractivity contribution in [3.05, 3.63) is 88.0 Å². The minimum atomic E-state index is -0.171. The Morgan fingerprint density at radius 2 is 1.88 bits per heavy atom. The van der Waals surface area contributed by atoms with Crippen molar-refractivity contribution in [2.24, 2.45) is 0 Å². The number of hydrogen-bond donors (Lipinski definition) is 0. The topological polar surface area (TPSA) is 80.7 Å². The SMILES string of the molecule is Cc1c(N2CCc3ncc(-c4ccc5nccn5c4)cc3C2)nn2c(=O)ccnc2c1C. The molecule has 0 radical (unpaired) electrons. The molecule has 8 heteroatoms. The zero-order valence-electron chi connectivity index (χ0n) is 17.9. The zero-order valence-corrected chi connectivity index (χ0v) is 17.9. The average Bonchev–Trinajstić information content (AvgIpc) is 3.29. The first-order valence-corrected chi connectivity index (χ1v) is 10.6. The third kappa shape index (κ3) is 2.87. The van der Waals surface area contributed by atoms with Crippen LogP contribution >= 0.6 is 0 Å². The Morgan fingerprint density at radius 3 is 2.78 bits per heavy atom. The Morgan fingerprint density at radius 1 is 0.969 bits per heavy atom. The van der Waals surface area contributed by atoms with Crippen LogP contribution in [0.25, 0.3) is 22.4 Å². The van der Waals surface area contributed by atoms with E-state index >= 15 is 0 Å². The Balaban J connectivity index is 1.40. The molecule has 0 N–H and O–H groups in total. The molecule has 0 spiro atoms. The van der Waals surface area contributed by atoms with Gasteiger partial charge in [-0.2, -0.15) is 4.52 Å². The fraction of sp³-hybridized carbons (Fsp3) is 0.208. The molecule has 0 amide bonds. The molecule has 0 aromatic carbocycles. The lowest BCUT2D eigenvalue weighted by Gasteiger charge is -2.31. The fourth-order valence-corrected chi connectivity index (χ4v) is 4.41. The van der Waals surface area contributed by atoms with Crippen LogP contribution in [0.4, 0.5) is 5.82 Å². The van der Waals surface area contributed by atoms with Crippen molar-refractivity contribution in [3.63, 3.8) is 0 Å². The van der Waals surface area contributed by atoms with Gasteiger partial charge in [-0.3, -0.25) is 9.78 Å². The van der Waals surface area contributed by atoms with Gasteiger partial charge in [-0.25, -0.2) is 9.97 Å². The van der Waals surface area contributed by atoms with E-state index in [4.69, 9.17) is 4.98 Å². The Hall–Kier alpha value is -4.07. The van der Waals surface area contributed by atoms with Gasteiger partial charge in [-0.1, -0.05) is 0 Å². The van der Waals surface area contributed by atoms with Gasteiger partial charge in [0.1, 0.15) is 5.65 Å². The van der Waals surface area contributed by atoms with Gasteiger partial charge in [-0.05, 0) is 37.6 Å². The maximum absolute atomic E-state index is 12.4. The summed E-state index contributed by atoms with van der Waals surface area (Å²) >= 11 is 0. The van der Waals surface area contributed by atoms with Gasteiger partial charge in [0, 0.05) is 84.5 Å². The van der Waals surface area contributed by atoms with Crippen LogP contribution in [0.2, 0.25) is 0 Å². The van der Waals surface area contributed by atoms with E-state index in [1.54, 1.807) is 6.20 Å². The molecule has 1 aliphatic heterocycles. The Kier molecular flexibility index (Phi) is 4.07. The summed E-state index contributed by atoms with van der Waals surface area (Å²) in [7, 11) is 0. The number of fused-ring (bicyclic) bond motifs is 3. The highest BCUT2D eigenvalue weighted by atomic mass is 16.1. The number of aryl methyl sites for hydroxylation is 1. The van der Waals surface area contributed by atoms with Crippen molar-refractivity contribution in [3.8, 4) is 11.1 Å². The van der Waals surface area contributed by atoms with Crippen molar-refractivity contribution in [1.29, 1.82) is 0 Å². The van der Waals surface area contributed by atoms with Gasteiger partial charge < -0.3 is 9.30 Å². The number of rotatable bonds is 2. The molecule has 0 saturated carbocycles. The predicted molar refractivity (Wildman–Crippen MR) is 122 cm³/mol. The molecular weight excluding hydrogens is 402 g/mol. The molecule has 5 aromatic rings. The van der Waals surface area contributed by atoms with Crippen LogP contribution in [0.1, 0.15) is 22.4 Å². The van der Waals surface area contributed by atoms with Crippen molar-refractivity contribution in [2.75, 3.05) is 11.4 Å². The van der Waals surface area contributed by atoms with Crippen LogP contribution in [0.3, 0.4) is 0 Å². The molecule has 5 aromatic heterocycles. The molecule has 0 aliphatic carbocycles. The smallest absolute Gasteiger partial charge is 0.274 e. The molecule has 0 saturated heterocycles. The summed E-state index contributed by atoms with van der Waals surface area (Å²) in [6.07, 6.45) is 10.1. The van der Waals surface area contributed by atoms with Crippen LogP contribution in [0.15, 0.2) is 60.0 Å². The zero-order chi connectivity index (χ0) is 21.8. The van der Waals surface area contributed by atoms with E-state index in [2.05, 4.69) is 38.3 Å². The summed E-state index contributed by atoms with van der Waals surface area (Å²) in [5.41, 5.74) is 7.83. The minimum Gasteiger partial charge on any atom is -0.350 e. The molecule has 0 atom stereocenters. The van der Waals surface area contributed by atoms with Gasteiger partial charge in [-0.15, -0.1) is 5.10 Å². The van der Waals surface area contributed by atoms with Gasteiger partial charge in [0.15, 0.2) is 11.5 Å². The predicted octanol–water partition coefficient (Wildman–Crippen LogP) is 2.98. The van der Waals surface area contributed by atoms with Gasteiger partial charge in [0.25, 0.3) is 5.56 Å². The summed E-state index contributed by atoms with van der Waals surface area (Å²) in [5, 5.41) is 4.68. The second-order valence-corrected chi connectivity index (χ2v) is 8.20. The van der Waals surface area contributed by atoms with Crippen molar-refractivity contribution in [1.82, 2.24) is 29.0 Å². The molecule has 6 heterocycles. The Bertz CT molecular complexity index is 1570. The molecule has 0 unspecified atom stereocenters. The van der Waals surface area contributed by atoms with Crippen LogP contribution in [0, 0.1) is 13.8 Å². The molecule has 32 heavy (non-hydrogen) atoms. The normalized spacial score (nSPS) is 13.6. The van der Waals surface area contributed by atoms with Crippen LogP contribution in [-0.2, 0) is 13.0 Å². The van der Waals surface area contributed by atoms with Crippen LogP contribution in [-0.4, -0.2) is 35.5 Å². The largest absolute Gasteiger partial charge is 0.350 e. The average molecular weight is 423 g/mol. The number of hydrogen-bond acceptors (Lipinski definition) is 6. The first kappa shape index (κ1) is 18.7. The lowest BCUT2D eigenvalue weighted by molar-refractivity contribution is 0.684. The third-order valence-corrected chi connectivity index (χ3v) is 6.31. The van der Waals surface area contributed by atoms with Crippen molar-refractivity contribution in [2.45, 2.75) is 26.8 Å². The monoisotopic (exact) mass is 423 g/mol. The summed E-state index contributed by atoms with van der Waals surface area (Å²) in [6, 6.07) is 7.74. The Labute approximate surface area is 183 Å². The van der Waals surface area contributed by atoms with E-state index in [0.29, 0.717) is 12.2 Å². The molecule has 8 nitrogen and oxygen atoms in total.